The van der Waals surface area contributed by atoms with E-state index in [1.54, 1.807) is 29.6 Å². The molecule has 1 heterocycles. The lowest BCUT2D eigenvalue weighted by atomic mass is 10.1. The Kier molecular flexibility index (Phi) is 6.82. The van der Waals surface area contributed by atoms with E-state index in [0.29, 0.717) is 39.0 Å². The number of Topliss-reactive ketones (excluding diaryl/α,β-unsaturated/α-hetero) is 1. The number of hydrogen-bond acceptors (Lipinski definition) is 9. The van der Waals surface area contributed by atoms with Crippen molar-refractivity contribution in [2.45, 2.75) is 6.92 Å². The molecule has 0 spiro atoms. The fourth-order valence-electron chi connectivity index (χ4n) is 2.89. The largest absolute Gasteiger partial charge is 0.493 e. The highest BCUT2D eigenvalue weighted by molar-refractivity contribution is 7.11. The Bertz CT molecular complexity index is 1260. The van der Waals surface area contributed by atoms with Gasteiger partial charge in [-0.3, -0.25) is 14.9 Å². The van der Waals surface area contributed by atoms with Gasteiger partial charge in [-0.2, -0.15) is 5.26 Å². The van der Waals surface area contributed by atoms with E-state index in [1.165, 1.54) is 50.8 Å². The number of ketones is 1. The third-order valence-electron chi connectivity index (χ3n) is 4.48. The van der Waals surface area contributed by atoms with Crippen molar-refractivity contribution in [2.75, 3.05) is 19.5 Å². The molecule has 1 aromatic heterocycles. The minimum Gasteiger partial charge on any atom is -0.493 e. The molecule has 0 unspecified atom stereocenters. The number of thiazole rings is 1. The molecule has 3 aromatic rings. The zero-order valence-electron chi connectivity index (χ0n) is 17.4. The van der Waals surface area contributed by atoms with Crippen LogP contribution in [0, 0.1) is 21.4 Å². The van der Waals surface area contributed by atoms with E-state index in [4.69, 9.17) is 9.47 Å². The Morgan fingerprint density at radius 1 is 1.25 bits per heavy atom. The van der Waals surface area contributed by atoms with Crippen molar-refractivity contribution < 1.29 is 19.2 Å². The van der Waals surface area contributed by atoms with E-state index in [1.807, 2.05) is 0 Å². The summed E-state index contributed by atoms with van der Waals surface area (Å²) in [5, 5.41) is 25.8. The SMILES string of the molecule is COc1cc(NC=C(C#N)c2nc(-c3cccc([N+](=O)[O-])c3)cs2)c(C(C)=O)cc1OC. The van der Waals surface area contributed by atoms with Crippen LogP contribution in [0.4, 0.5) is 11.4 Å². The van der Waals surface area contributed by atoms with Crippen molar-refractivity contribution in [3.05, 3.63) is 68.7 Å². The molecule has 0 saturated heterocycles. The molecule has 0 radical (unpaired) electrons. The number of nitriles is 1. The Balaban J connectivity index is 1.93. The van der Waals surface area contributed by atoms with E-state index in [9.17, 15) is 20.2 Å². The van der Waals surface area contributed by atoms with Crippen molar-refractivity contribution in [1.29, 1.82) is 5.26 Å². The average molecular weight is 450 g/mol. The summed E-state index contributed by atoms with van der Waals surface area (Å²) in [6.45, 7) is 1.42. The van der Waals surface area contributed by atoms with Crippen LogP contribution in [0.2, 0.25) is 0 Å². The summed E-state index contributed by atoms with van der Waals surface area (Å²) in [6, 6.07) is 11.4. The third-order valence-corrected chi connectivity index (χ3v) is 5.36. The Morgan fingerprint density at radius 2 is 1.97 bits per heavy atom. The van der Waals surface area contributed by atoms with Gasteiger partial charge in [-0.05, 0) is 13.0 Å². The Morgan fingerprint density at radius 3 is 2.59 bits per heavy atom. The lowest BCUT2D eigenvalue weighted by Crippen LogP contribution is -2.03. The molecule has 162 valence electrons. The van der Waals surface area contributed by atoms with Gasteiger partial charge in [0.2, 0.25) is 0 Å². The average Bonchev–Trinajstić information content (AvgIpc) is 3.29. The molecule has 0 fully saturated rings. The molecule has 10 heteroatoms. The summed E-state index contributed by atoms with van der Waals surface area (Å²) >= 11 is 1.23. The number of benzene rings is 2. The van der Waals surface area contributed by atoms with Crippen molar-refractivity contribution >= 4 is 34.1 Å². The topological polar surface area (TPSA) is 127 Å². The molecule has 0 amide bonds. The summed E-state index contributed by atoms with van der Waals surface area (Å²) < 4.78 is 10.5. The molecule has 32 heavy (non-hydrogen) atoms. The number of allylic oxidation sites excluding steroid dienone is 1. The van der Waals surface area contributed by atoms with Crippen LogP contribution >= 0.6 is 11.3 Å². The van der Waals surface area contributed by atoms with Crippen LogP contribution in [0.25, 0.3) is 16.8 Å². The number of hydrogen-bond donors (Lipinski definition) is 1. The number of aromatic nitrogens is 1. The quantitative estimate of drug-likeness (QED) is 0.222. The monoisotopic (exact) mass is 450 g/mol. The summed E-state index contributed by atoms with van der Waals surface area (Å²) in [5.41, 5.74) is 2.10. The molecule has 0 saturated carbocycles. The van der Waals surface area contributed by atoms with Crippen LogP contribution in [0.3, 0.4) is 0 Å². The van der Waals surface area contributed by atoms with E-state index in [0.717, 1.165) is 0 Å². The van der Waals surface area contributed by atoms with Gasteiger partial charge >= 0.3 is 0 Å². The van der Waals surface area contributed by atoms with Crippen molar-refractivity contribution in [3.63, 3.8) is 0 Å². The number of ether oxygens (including phenoxy) is 2. The van der Waals surface area contributed by atoms with E-state index < -0.39 is 4.92 Å². The first kappa shape index (κ1) is 22.5. The number of anilines is 1. The van der Waals surface area contributed by atoms with Gasteiger partial charge in [0.15, 0.2) is 17.3 Å². The first-order chi connectivity index (χ1) is 15.4. The van der Waals surface area contributed by atoms with Crippen molar-refractivity contribution in [1.82, 2.24) is 4.98 Å². The van der Waals surface area contributed by atoms with Crippen LogP contribution < -0.4 is 14.8 Å². The normalized spacial score (nSPS) is 10.9. The number of nitrogens with one attached hydrogen (secondary N) is 1. The minimum atomic E-state index is -0.475. The summed E-state index contributed by atoms with van der Waals surface area (Å²) in [6.07, 6.45) is 1.45. The molecule has 0 aliphatic carbocycles. The lowest BCUT2D eigenvalue weighted by Gasteiger charge is -2.13. The van der Waals surface area contributed by atoms with Gasteiger partial charge in [0, 0.05) is 40.9 Å². The second kappa shape index (κ2) is 9.72. The smallest absolute Gasteiger partial charge is 0.270 e. The second-order valence-corrected chi connectivity index (χ2v) is 7.33. The van der Waals surface area contributed by atoms with Crippen LogP contribution in [0.5, 0.6) is 11.5 Å². The molecule has 0 bridgehead atoms. The van der Waals surface area contributed by atoms with Crippen LogP contribution in [-0.4, -0.2) is 29.9 Å². The molecule has 2 aromatic carbocycles. The Labute approximate surface area is 187 Å². The number of carbonyl (C=O) groups is 1. The fraction of sp³-hybridized carbons (Fsp3) is 0.136. The number of carbonyl (C=O) groups excluding carboxylic acids is 1. The van der Waals surface area contributed by atoms with E-state index >= 15 is 0 Å². The molecule has 0 aliphatic rings. The van der Waals surface area contributed by atoms with Crippen LogP contribution in [-0.2, 0) is 0 Å². The number of non-ortho nitro benzene ring substituents is 1. The van der Waals surface area contributed by atoms with Gasteiger partial charge in [-0.1, -0.05) is 12.1 Å². The maximum Gasteiger partial charge on any atom is 0.270 e. The molecule has 0 atom stereocenters. The first-order valence-corrected chi connectivity index (χ1v) is 10.1. The molecule has 9 nitrogen and oxygen atoms in total. The number of nitro benzene ring substituents is 1. The number of methoxy groups -OCH3 is 2. The number of rotatable bonds is 8. The first-order valence-electron chi connectivity index (χ1n) is 9.22. The number of nitrogens with zero attached hydrogens (tertiary/aromatic N) is 3. The lowest BCUT2D eigenvalue weighted by molar-refractivity contribution is -0.384. The van der Waals surface area contributed by atoms with Gasteiger partial charge in [-0.25, -0.2) is 4.98 Å². The maximum atomic E-state index is 12.1. The standard InChI is InChI=1S/C22H18N4O5S/c1-13(27)17-8-20(30-2)21(31-3)9-18(17)24-11-15(10-23)22-25-19(12-32-22)14-5-4-6-16(7-14)26(28)29/h4-9,11-12,24H,1-3H3. The highest BCUT2D eigenvalue weighted by Gasteiger charge is 2.15. The molecule has 3 rings (SSSR count). The van der Waals surface area contributed by atoms with Gasteiger partial charge in [0.05, 0.1) is 30.5 Å². The summed E-state index contributed by atoms with van der Waals surface area (Å²) in [4.78, 5) is 27.0. The predicted molar refractivity (Wildman–Crippen MR) is 121 cm³/mol. The predicted octanol–water partition coefficient (Wildman–Crippen LogP) is 4.91. The molecule has 1 N–H and O–H groups in total. The zero-order valence-corrected chi connectivity index (χ0v) is 18.2. The van der Waals surface area contributed by atoms with E-state index in [-0.39, 0.29) is 17.0 Å². The summed E-state index contributed by atoms with van der Waals surface area (Å²) in [7, 11) is 2.96. The zero-order chi connectivity index (χ0) is 23.3. The van der Waals surface area contributed by atoms with Gasteiger partial charge < -0.3 is 14.8 Å². The van der Waals surface area contributed by atoms with Crippen molar-refractivity contribution in [3.8, 4) is 28.8 Å². The molecular formula is C22H18N4O5S. The second-order valence-electron chi connectivity index (χ2n) is 6.47. The third kappa shape index (κ3) is 4.74. The molecular weight excluding hydrogens is 432 g/mol. The van der Waals surface area contributed by atoms with E-state index in [2.05, 4.69) is 16.4 Å². The van der Waals surface area contributed by atoms with Crippen molar-refractivity contribution in [2.24, 2.45) is 0 Å². The van der Waals surface area contributed by atoms with Gasteiger partial charge in [0.1, 0.15) is 16.6 Å². The van der Waals surface area contributed by atoms with Crippen LogP contribution in [0.1, 0.15) is 22.3 Å². The van der Waals surface area contributed by atoms with Crippen LogP contribution in [0.15, 0.2) is 48.0 Å². The summed E-state index contributed by atoms with van der Waals surface area (Å²) in [5.74, 6) is 0.644. The van der Waals surface area contributed by atoms with Gasteiger partial charge in [0.25, 0.3) is 5.69 Å². The molecule has 0 aliphatic heterocycles. The maximum absolute atomic E-state index is 12.1. The van der Waals surface area contributed by atoms with Gasteiger partial charge in [-0.15, -0.1) is 11.3 Å². The number of nitro groups is 1. The highest BCUT2D eigenvalue weighted by Crippen LogP contribution is 2.34. The minimum absolute atomic E-state index is 0.0417. The Hall–Kier alpha value is -4.23. The fourth-order valence-corrected chi connectivity index (χ4v) is 3.68. The highest BCUT2D eigenvalue weighted by atomic mass is 32.1.